The van der Waals surface area contributed by atoms with Gasteiger partial charge in [-0.25, -0.2) is 0 Å². The van der Waals surface area contributed by atoms with E-state index in [0.29, 0.717) is 24.0 Å². The van der Waals surface area contributed by atoms with E-state index in [1.54, 1.807) is 0 Å². The van der Waals surface area contributed by atoms with E-state index < -0.39 is 0 Å². The molecule has 0 saturated heterocycles. The van der Waals surface area contributed by atoms with Gasteiger partial charge in [-0.05, 0) is 29.4 Å². The van der Waals surface area contributed by atoms with Gasteiger partial charge in [0, 0.05) is 6.42 Å². The average Bonchev–Trinajstić information content (AvgIpc) is 2.73. The van der Waals surface area contributed by atoms with E-state index in [-0.39, 0.29) is 5.41 Å². The summed E-state index contributed by atoms with van der Waals surface area (Å²) >= 11 is 0. The Morgan fingerprint density at radius 2 is 1.52 bits per heavy atom. The lowest BCUT2D eigenvalue weighted by Crippen LogP contribution is -2.39. The number of rotatable bonds is 3. The van der Waals surface area contributed by atoms with Crippen LogP contribution in [0.15, 0.2) is 60.7 Å². The van der Waals surface area contributed by atoms with Crippen molar-refractivity contribution in [3.05, 3.63) is 71.8 Å². The molecular weight excluding hydrogens is 256 g/mol. The smallest absolute Gasteiger partial charge is 0.144 e. The highest BCUT2D eigenvalue weighted by molar-refractivity contribution is 5.93. The number of carbonyl (C=O) groups is 1. The summed E-state index contributed by atoms with van der Waals surface area (Å²) < 4.78 is 0. The van der Waals surface area contributed by atoms with E-state index in [1.807, 2.05) is 24.3 Å². The molecule has 2 aromatic rings. The molecule has 0 radical (unpaired) electrons. The molecule has 0 unspecified atom stereocenters. The van der Waals surface area contributed by atoms with Crippen LogP contribution in [0.1, 0.15) is 31.4 Å². The minimum Gasteiger partial charge on any atom is -0.299 e. The Kier molecular flexibility index (Phi) is 3.67. The molecule has 2 aromatic carbocycles. The van der Waals surface area contributed by atoms with Crippen LogP contribution in [-0.2, 0) is 16.6 Å². The zero-order valence-electron chi connectivity index (χ0n) is 12.8. The molecule has 0 amide bonds. The van der Waals surface area contributed by atoms with Crippen LogP contribution in [-0.4, -0.2) is 5.78 Å². The molecule has 1 nitrogen and oxygen atoms in total. The highest BCUT2D eigenvalue weighted by Crippen LogP contribution is 2.48. The molecule has 3 atom stereocenters. The van der Waals surface area contributed by atoms with Crippen molar-refractivity contribution < 1.29 is 4.79 Å². The summed E-state index contributed by atoms with van der Waals surface area (Å²) in [5, 5.41) is 0. The van der Waals surface area contributed by atoms with Gasteiger partial charge in [0.1, 0.15) is 5.78 Å². The molecule has 21 heavy (non-hydrogen) atoms. The maximum Gasteiger partial charge on any atom is 0.144 e. The van der Waals surface area contributed by atoms with Crippen molar-refractivity contribution in [1.29, 1.82) is 0 Å². The summed E-state index contributed by atoms with van der Waals surface area (Å²) in [4.78, 5) is 12.9. The fourth-order valence-electron chi connectivity index (χ4n) is 3.83. The Bertz CT molecular complexity index is 617. The van der Waals surface area contributed by atoms with Crippen LogP contribution in [0, 0.1) is 11.8 Å². The minimum atomic E-state index is -0.359. The first-order valence-corrected chi connectivity index (χ1v) is 7.77. The molecule has 1 aliphatic carbocycles. The quantitative estimate of drug-likeness (QED) is 0.812. The molecule has 0 bridgehead atoms. The van der Waals surface area contributed by atoms with E-state index in [2.05, 4.69) is 50.2 Å². The lowest BCUT2D eigenvalue weighted by molar-refractivity contribution is -0.122. The summed E-state index contributed by atoms with van der Waals surface area (Å²) in [5.41, 5.74) is 2.06. The van der Waals surface area contributed by atoms with Crippen LogP contribution < -0.4 is 0 Å². The number of hydrogen-bond donors (Lipinski definition) is 0. The highest BCUT2D eigenvalue weighted by atomic mass is 16.1. The number of carbonyl (C=O) groups excluding carboxylic acids is 1. The topological polar surface area (TPSA) is 17.1 Å². The van der Waals surface area contributed by atoms with Crippen LogP contribution in [0.25, 0.3) is 0 Å². The van der Waals surface area contributed by atoms with Crippen molar-refractivity contribution in [2.24, 2.45) is 11.8 Å². The first-order chi connectivity index (χ1) is 10.1. The van der Waals surface area contributed by atoms with Gasteiger partial charge < -0.3 is 0 Å². The Labute approximate surface area is 127 Å². The van der Waals surface area contributed by atoms with Crippen LogP contribution >= 0.6 is 0 Å². The van der Waals surface area contributed by atoms with Crippen molar-refractivity contribution in [2.75, 3.05) is 0 Å². The van der Waals surface area contributed by atoms with Crippen molar-refractivity contribution >= 4 is 5.78 Å². The summed E-state index contributed by atoms with van der Waals surface area (Å²) in [7, 11) is 0. The molecule has 0 heterocycles. The van der Waals surface area contributed by atoms with E-state index >= 15 is 0 Å². The van der Waals surface area contributed by atoms with Gasteiger partial charge in [-0.2, -0.15) is 0 Å². The number of ketones is 1. The first-order valence-electron chi connectivity index (χ1n) is 7.77. The maximum atomic E-state index is 12.9. The zero-order chi connectivity index (χ0) is 14.9. The van der Waals surface area contributed by atoms with Gasteiger partial charge in [0.2, 0.25) is 0 Å². The monoisotopic (exact) mass is 278 g/mol. The lowest BCUT2D eigenvalue weighted by Gasteiger charge is -2.34. The molecule has 3 rings (SSSR count). The Hall–Kier alpha value is -1.89. The molecular formula is C20H22O. The number of Topliss-reactive ketones (excluding diaryl/α,β-unsaturated/α-hetero) is 1. The van der Waals surface area contributed by atoms with Crippen molar-refractivity contribution in [2.45, 2.75) is 32.1 Å². The first kappa shape index (κ1) is 14.1. The van der Waals surface area contributed by atoms with Crippen molar-refractivity contribution in [3.63, 3.8) is 0 Å². The molecule has 0 aliphatic heterocycles. The Morgan fingerprint density at radius 3 is 2.05 bits per heavy atom. The van der Waals surface area contributed by atoms with E-state index in [4.69, 9.17) is 0 Å². The number of benzene rings is 2. The normalized spacial score (nSPS) is 28.8. The summed E-state index contributed by atoms with van der Waals surface area (Å²) in [6.45, 7) is 4.45. The SMILES string of the molecule is C[C@@H]1[C@@H](C)CC(=O)[C@]1(Cc1ccccc1)c1ccccc1. The second kappa shape index (κ2) is 5.48. The standard InChI is InChI=1S/C20H22O/c1-15-13-19(21)20(16(15)2,18-11-7-4-8-12-18)14-17-9-5-3-6-10-17/h3-12,15-16H,13-14H2,1-2H3/t15-,16+,20-/m0/s1. The molecule has 1 fully saturated rings. The second-order valence-electron chi connectivity index (χ2n) is 6.39. The average molecular weight is 278 g/mol. The summed E-state index contributed by atoms with van der Waals surface area (Å²) in [6.07, 6.45) is 1.51. The van der Waals surface area contributed by atoms with Crippen LogP contribution in [0.4, 0.5) is 0 Å². The van der Waals surface area contributed by atoms with Gasteiger partial charge in [-0.15, -0.1) is 0 Å². The minimum absolute atomic E-state index is 0.359. The fraction of sp³-hybridized carbons (Fsp3) is 0.350. The number of hydrogen-bond acceptors (Lipinski definition) is 1. The second-order valence-corrected chi connectivity index (χ2v) is 6.39. The molecule has 0 spiro atoms. The van der Waals surface area contributed by atoms with E-state index in [0.717, 1.165) is 6.42 Å². The van der Waals surface area contributed by atoms with Crippen molar-refractivity contribution in [3.8, 4) is 0 Å². The van der Waals surface area contributed by atoms with Gasteiger partial charge in [0.25, 0.3) is 0 Å². The molecule has 0 aromatic heterocycles. The summed E-state index contributed by atoms with van der Waals surface area (Å²) in [6, 6.07) is 20.8. The third-order valence-corrected chi connectivity index (χ3v) is 5.25. The third-order valence-electron chi connectivity index (χ3n) is 5.25. The molecule has 108 valence electrons. The molecule has 1 heteroatoms. The van der Waals surface area contributed by atoms with Crippen LogP contribution in [0.2, 0.25) is 0 Å². The molecule has 1 saturated carbocycles. The zero-order valence-corrected chi connectivity index (χ0v) is 12.8. The molecule has 1 aliphatic rings. The van der Waals surface area contributed by atoms with Gasteiger partial charge in [0.15, 0.2) is 0 Å². The highest BCUT2D eigenvalue weighted by Gasteiger charge is 2.51. The van der Waals surface area contributed by atoms with E-state index in [9.17, 15) is 4.79 Å². The van der Waals surface area contributed by atoms with Gasteiger partial charge in [-0.3, -0.25) is 4.79 Å². The molecule has 0 N–H and O–H groups in total. The van der Waals surface area contributed by atoms with Crippen molar-refractivity contribution in [1.82, 2.24) is 0 Å². The van der Waals surface area contributed by atoms with Gasteiger partial charge >= 0.3 is 0 Å². The van der Waals surface area contributed by atoms with Crippen LogP contribution in [0.3, 0.4) is 0 Å². The van der Waals surface area contributed by atoms with Gasteiger partial charge in [-0.1, -0.05) is 74.5 Å². The largest absolute Gasteiger partial charge is 0.299 e. The fourth-order valence-corrected chi connectivity index (χ4v) is 3.83. The maximum absolute atomic E-state index is 12.9. The third kappa shape index (κ3) is 2.31. The lowest BCUT2D eigenvalue weighted by atomic mass is 9.67. The summed E-state index contributed by atoms with van der Waals surface area (Å²) in [5.74, 6) is 1.21. The van der Waals surface area contributed by atoms with Gasteiger partial charge in [0.05, 0.1) is 5.41 Å². The predicted molar refractivity (Wildman–Crippen MR) is 86.2 cm³/mol. The Morgan fingerprint density at radius 1 is 0.952 bits per heavy atom. The van der Waals surface area contributed by atoms with E-state index in [1.165, 1.54) is 11.1 Å². The predicted octanol–water partition coefficient (Wildman–Crippen LogP) is 4.41. The van der Waals surface area contributed by atoms with Crippen LogP contribution in [0.5, 0.6) is 0 Å². The Balaban J connectivity index is 2.10.